The summed E-state index contributed by atoms with van der Waals surface area (Å²) < 4.78 is 5.23. The fourth-order valence-corrected chi connectivity index (χ4v) is 2.64. The van der Waals surface area contributed by atoms with Crippen LogP contribution in [-0.4, -0.2) is 18.2 Å². The first-order chi connectivity index (χ1) is 9.13. The van der Waals surface area contributed by atoms with Crippen LogP contribution in [0.3, 0.4) is 0 Å². The van der Waals surface area contributed by atoms with Gasteiger partial charge in [-0.25, -0.2) is 4.79 Å². The summed E-state index contributed by atoms with van der Waals surface area (Å²) in [6, 6.07) is 9.10. The van der Waals surface area contributed by atoms with Crippen LogP contribution in [-0.2, 0) is 4.79 Å². The van der Waals surface area contributed by atoms with Crippen LogP contribution in [0.1, 0.15) is 16.0 Å². The normalized spacial score (nSPS) is 11.4. The lowest BCUT2D eigenvalue weighted by Crippen LogP contribution is -2.01. The molecule has 4 heteroatoms. The largest absolute Gasteiger partial charge is 0.496 e. The summed E-state index contributed by atoms with van der Waals surface area (Å²) in [5, 5.41) is 11.4. The summed E-state index contributed by atoms with van der Waals surface area (Å²) in [4.78, 5) is 12.4. The molecular weight excluding hydrogens is 260 g/mol. The van der Waals surface area contributed by atoms with E-state index in [9.17, 15) is 9.90 Å². The van der Waals surface area contributed by atoms with Crippen LogP contribution in [0.25, 0.3) is 11.6 Å². The number of para-hydroxylation sites is 1. The lowest BCUT2D eigenvalue weighted by Gasteiger charge is -2.08. The number of rotatable bonds is 4. The molecule has 98 valence electrons. The third-order valence-electron chi connectivity index (χ3n) is 2.80. The van der Waals surface area contributed by atoms with Crippen molar-refractivity contribution in [2.45, 2.75) is 6.92 Å². The average Bonchev–Trinajstić information content (AvgIpc) is 2.81. The zero-order valence-corrected chi connectivity index (χ0v) is 11.5. The Hall–Kier alpha value is -2.07. The second-order valence-electron chi connectivity index (χ2n) is 4.03. The summed E-state index contributed by atoms with van der Waals surface area (Å²) >= 11 is 1.52. The van der Waals surface area contributed by atoms with Crippen molar-refractivity contribution in [2.75, 3.05) is 7.11 Å². The lowest BCUT2D eigenvalue weighted by molar-refractivity contribution is -0.130. The molecule has 0 unspecified atom stereocenters. The maximum absolute atomic E-state index is 11.5. The molecule has 0 aliphatic carbocycles. The van der Waals surface area contributed by atoms with Crippen LogP contribution < -0.4 is 4.74 Å². The van der Waals surface area contributed by atoms with E-state index in [2.05, 4.69) is 0 Å². The Balaban J connectivity index is 2.56. The zero-order chi connectivity index (χ0) is 13.8. The molecule has 0 spiro atoms. The molecule has 19 heavy (non-hydrogen) atoms. The molecule has 2 rings (SSSR count). The number of aryl methyl sites for hydroxylation is 1. The number of ether oxygens (including phenoxy) is 1. The number of hydrogen-bond donors (Lipinski definition) is 1. The summed E-state index contributed by atoms with van der Waals surface area (Å²) in [6.45, 7) is 1.96. The molecule has 0 radical (unpaired) electrons. The molecule has 0 aliphatic heterocycles. The second kappa shape index (κ2) is 5.71. The number of carboxylic acid groups (broad SMARTS) is 1. The average molecular weight is 274 g/mol. The Morgan fingerprint density at radius 1 is 1.32 bits per heavy atom. The highest BCUT2D eigenvalue weighted by Crippen LogP contribution is 2.29. The molecule has 0 aliphatic rings. The smallest absolute Gasteiger partial charge is 0.336 e. The Morgan fingerprint density at radius 2 is 2.05 bits per heavy atom. The van der Waals surface area contributed by atoms with Crippen molar-refractivity contribution in [1.29, 1.82) is 0 Å². The highest BCUT2D eigenvalue weighted by molar-refractivity contribution is 7.11. The quantitative estimate of drug-likeness (QED) is 0.865. The van der Waals surface area contributed by atoms with Crippen LogP contribution in [0.15, 0.2) is 35.7 Å². The molecule has 0 saturated heterocycles. The third kappa shape index (κ3) is 2.85. The molecule has 0 saturated carbocycles. The van der Waals surface area contributed by atoms with Gasteiger partial charge in [-0.2, -0.15) is 0 Å². The second-order valence-corrected chi connectivity index (χ2v) is 4.98. The SMILES string of the molecule is COc1ccccc1/C(=C/c1sccc1C)C(=O)O. The molecule has 1 aromatic carbocycles. The van der Waals surface area contributed by atoms with Crippen LogP contribution >= 0.6 is 11.3 Å². The number of methoxy groups -OCH3 is 1. The van der Waals surface area contributed by atoms with Crippen molar-refractivity contribution in [3.63, 3.8) is 0 Å². The van der Waals surface area contributed by atoms with Crippen LogP contribution in [0.5, 0.6) is 5.75 Å². The van der Waals surface area contributed by atoms with Gasteiger partial charge in [0, 0.05) is 10.4 Å². The van der Waals surface area contributed by atoms with E-state index in [1.54, 1.807) is 24.3 Å². The highest BCUT2D eigenvalue weighted by Gasteiger charge is 2.15. The van der Waals surface area contributed by atoms with Gasteiger partial charge in [0.2, 0.25) is 0 Å². The van der Waals surface area contributed by atoms with E-state index < -0.39 is 5.97 Å². The zero-order valence-electron chi connectivity index (χ0n) is 10.7. The maximum atomic E-state index is 11.5. The molecule has 2 aromatic rings. The number of thiophene rings is 1. The number of carbonyl (C=O) groups is 1. The van der Waals surface area contributed by atoms with E-state index in [0.717, 1.165) is 10.4 Å². The standard InChI is InChI=1S/C15H14O3S/c1-10-7-8-19-14(10)9-12(15(16)17)11-5-3-4-6-13(11)18-2/h3-9H,1-2H3,(H,16,17)/b12-9-. The van der Waals surface area contributed by atoms with E-state index in [4.69, 9.17) is 4.74 Å². The minimum atomic E-state index is -0.961. The van der Waals surface area contributed by atoms with E-state index in [1.165, 1.54) is 18.4 Å². The number of hydrogen-bond acceptors (Lipinski definition) is 3. The number of benzene rings is 1. The van der Waals surface area contributed by atoms with Gasteiger partial charge in [0.25, 0.3) is 0 Å². The van der Waals surface area contributed by atoms with Gasteiger partial charge in [0.1, 0.15) is 5.75 Å². The molecule has 1 aromatic heterocycles. The first kappa shape index (κ1) is 13.4. The number of aliphatic carboxylic acids is 1. The Labute approximate surface area is 115 Å². The van der Waals surface area contributed by atoms with Crippen molar-refractivity contribution in [2.24, 2.45) is 0 Å². The fourth-order valence-electron chi connectivity index (χ4n) is 1.79. The molecule has 0 atom stereocenters. The highest BCUT2D eigenvalue weighted by atomic mass is 32.1. The summed E-state index contributed by atoms with van der Waals surface area (Å²) in [6.07, 6.45) is 1.69. The van der Waals surface area contributed by atoms with Crippen molar-refractivity contribution < 1.29 is 14.6 Å². The van der Waals surface area contributed by atoms with Crippen molar-refractivity contribution in [1.82, 2.24) is 0 Å². The van der Waals surface area contributed by atoms with Crippen LogP contribution in [0.4, 0.5) is 0 Å². The van der Waals surface area contributed by atoms with Crippen molar-refractivity contribution in [3.05, 3.63) is 51.7 Å². The summed E-state index contributed by atoms with van der Waals surface area (Å²) in [5.41, 5.74) is 1.90. The topological polar surface area (TPSA) is 46.5 Å². The van der Waals surface area contributed by atoms with Gasteiger partial charge in [0.15, 0.2) is 0 Å². The minimum absolute atomic E-state index is 0.239. The molecule has 0 fully saturated rings. The van der Waals surface area contributed by atoms with Gasteiger partial charge < -0.3 is 9.84 Å². The molecule has 1 N–H and O–H groups in total. The molecule has 3 nitrogen and oxygen atoms in total. The van der Waals surface area contributed by atoms with Gasteiger partial charge in [-0.3, -0.25) is 0 Å². The first-order valence-corrected chi connectivity index (χ1v) is 6.64. The van der Waals surface area contributed by atoms with Crippen molar-refractivity contribution >= 4 is 29.0 Å². The van der Waals surface area contributed by atoms with Gasteiger partial charge in [0.05, 0.1) is 12.7 Å². The fraction of sp³-hybridized carbons (Fsp3) is 0.133. The summed E-state index contributed by atoms with van der Waals surface area (Å²) in [7, 11) is 1.54. The van der Waals surface area contributed by atoms with E-state index in [-0.39, 0.29) is 5.57 Å². The Kier molecular flexibility index (Phi) is 4.02. The van der Waals surface area contributed by atoms with E-state index in [1.807, 2.05) is 24.4 Å². The molecular formula is C15H14O3S. The van der Waals surface area contributed by atoms with Crippen LogP contribution in [0, 0.1) is 6.92 Å². The van der Waals surface area contributed by atoms with Gasteiger partial charge >= 0.3 is 5.97 Å². The number of carboxylic acids is 1. The molecule has 0 amide bonds. The third-order valence-corrected chi connectivity index (χ3v) is 3.77. The van der Waals surface area contributed by atoms with Gasteiger partial charge in [-0.1, -0.05) is 18.2 Å². The summed E-state index contributed by atoms with van der Waals surface area (Å²) in [5.74, 6) is -0.400. The van der Waals surface area contributed by atoms with Gasteiger partial charge in [-0.15, -0.1) is 11.3 Å². The monoisotopic (exact) mass is 274 g/mol. The van der Waals surface area contributed by atoms with Gasteiger partial charge in [-0.05, 0) is 36.1 Å². The lowest BCUT2D eigenvalue weighted by atomic mass is 10.0. The van der Waals surface area contributed by atoms with Crippen molar-refractivity contribution in [3.8, 4) is 5.75 Å². The van der Waals surface area contributed by atoms with E-state index in [0.29, 0.717) is 11.3 Å². The predicted molar refractivity (Wildman–Crippen MR) is 77.6 cm³/mol. The first-order valence-electron chi connectivity index (χ1n) is 5.76. The molecule has 1 heterocycles. The predicted octanol–water partition coefficient (Wildman–Crippen LogP) is 3.69. The van der Waals surface area contributed by atoms with Crippen LogP contribution in [0.2, 0.25) is 0 Å². The maximum Gasteiger partial charge on any atom is 0.336 e. The minimum Gasteiger partial charge on any atom is -0.496 e. The molecule has 0 bridgehead atoms. The Morgan fingerprint density at radius 3 is 2.63 bits per heavy atom. The van der Waals surface area contributed by atoms with E-state index >= 15 is 0 Å². The Bertz CT molecular complexity index is 626.